The Balaban J connectivity index is 1.58. The maximum Gasteiger partial charge on any atom is 0.326 e. The Kier molecular flexibility index (Phi) is 6.03. The second-order valence-electron chi connectivity index (χ2n) is 8.94. The molecule has 2 aliphatic rings. The van der Waals surface area contributed by atoms with E-state index in [2.05, 4.69) is 42.0 Å². The molecule has 158 valence electrons. The minimum Gasteiger partial charge on any atom is -0.459 e. The summed E-state index contributed by atoms with van der Waals surface area (Å²) in [4.78, 5) is 38.5. The Bertz CT molecular complexity index is 828. The zero-order chi connectivity index (χ0) is 21.4. The predicted octanol–water partition coefficient (Wildman–Crippen LogP) is 4.16. The minimum absolute atomic E-state index is 0.0816. The van der Waals surface area contributed by atoms with E-state index >= 15 is 0 Å². The number of nitrogens with zero attached hydrogens (tertiary/aromatic N) is 1. The Morgan fingerprint density at radius 1 is 1.31 bits per heavy atom. The first-order chi connectivity index (χ1) is 13.5. The highest BCUT2D eigenvalue weighted by atomic mass is 79.9. The number of nitrogens with one attached hydrogen (secondary N) is 1. The molecule has 0 atom stereocenters. The van der Waals surface area contributed by atoms with E-state index in [4.69, 9.17) is 4.74 Å². The van der Waals surface area contributed by atoms with Gasteiger partial charge in [0.25, 0.3) is 5.91 Å². The average Bonchev–Trinajstić information content (AvgIpc) is 2.85. The fourth-order valence-corrected chi connectivity index (χ4v) is 4.57. The quantitative estimate of drug-likeness (QED) is 0.531. The maximum absolute atomic E-state index is 13.1. The third kappa shape index (κ3) is 4.63. The van der Waals surface area contributed by atoms with Crippen LogP contribution in [-0.4, -0.2) is 34.9 Å². The minimum atomic E-state index is -0.904. The predicted molar refractivity (Wildman–Crippen MR) is 108 cm³/mol. The van der Waals surface area contributed by atoms with Crippen LogP contribution in [0.25, 0.3) is 0 Å². The number of urea groups is 1. The molecule has 1 saturated carbocycles. The average molecular weight is 469 g/mol. The molecule has 3 rings (SSSR count). The van der Waals surface area contributed by atoms with Crippen molar-refractivity contribution in [1.29, 1.82) is 0 Å². The number of rotatable bonds is 4. The highest BCUT2D eigenvalue weighted by Gasteiger charge is 2.53. The Morgan fingerprint density at radius 2 is 1.97 bits per heavy atom. The number of benzene rings is 1. The molecule has 8 heteroatoms. The molecule has 3 amide bonds. The van der Waals surface area contributed by atoms with Gasteiger partial charge in [0.05, 0.1) is 0 Å². The lowest BCUT2D eigenvalue weighted by molar-refractivity contribution is -0.149. The van der Waals surface area contributed by atoms with Crippen molar-refractivity contribution in [1.82, 2.24) is 10.2 Å². The van der Waals surface area contributed by atoms with Crippen LogP contribution >= 0.6 is 15.9 Å². The number of carbonyl (C=O) groups is 3. The lowest BCUT2D eigenvalue weighted by Crippen LogP contribution is -2.50. The molecule has 0 radical (unpaired) electrons. The van der Waals surface area contributed by atoms with Crippen molar-refractivity contribution in [3.05, 3.63) is 34.1 Å². The van der Waals surface area contributed by atoms with E-state index in [-0.39, 0.29) is 17.9 Å². The molecular weight excluding hydrogens is 443 g/mol. The van der Waals surface area contributed by atoms with Gasteiger partial charge in [-0.05, 0) is 49.1 Å². The Labute approximate surface area is 178 Å². The number of ether oxygens (including phenoxy) is 1. The van der Waals surface area contributed by atoms with Crippen LogP contribution < -0.4 is 5.32 Å². The number of hydrogen-bond acceptors (Lipinski definition) is 4. The van der Waals surface area contributed by atoms with Crippen molar-refractivity contribution in [3.8, 4) is 0 Å². The molecule has 6 nitrogen and oxygen atoms in total. The summed E-state index contributed by atoms with van der Waals surface area (Å²) in [5.74, 6) is -0.955. The van der Waals surface area contributed by atoms with Gasteiger partial charge in [-0.2, -0.15) is 0 Å². The van der Waals surface area contributed by atoms with Crippen LogP contribution in [0.5, 0.6) is 0 Å². The van der Waals surface area contributed by atoms with Crippen molar-refractivity contribution in [2.75, 3.05) is 6.54 Å². The molecule has 1 N–H and O–H groups in total. The van der Waals surface area contributed by atoms with Gasteiger partial charge in [-0.3, -0.25) is 14.5 Å². The summed E-state index contributed by atoms with van der Waals surface area (Å²) in [6, 6.07) is 3.49. The largest absolute Gasteiger partial charge is 0.459 e. The first-order valence-electron chi connectivity index (χ1n) is 9.75. The summed E-state index contributed by atoms with van der Waals surface area (Å²) in [5, 5.41) is 2.82. The number of hydrogen-bond donors (Lipinski definition) is 1. The van der Waals surface area contributed by atoms with Crippen molar-refractivity contribution in [2.45, 2.75) is 58.6 Å². The molecule has 1 spiro atoms. The maximum atomic E-state index is 13.1. The number of carbonyl (C=O) groups excluding carboxylic acids is 3. The lowest BCUT2D eigenvalue weighted by atomic mass is 9.67. The van der Waals surface area contributed by atoms with Gasteiger partial charge in [0.2, 0.25) is 0 Å². The molecule has 1 aliphatic carbocycles. The summed E-state index contributed by atoms with van der Waals surface area (Å²) in [5.41, 5.74) is -0.154. The van der Waals surface area contributed by atoms with Crippen LogP contribution in [-0.2, 0) is 20.9 Å². The molecular formula is C21H26BrFN2O4. The van der Waals surface area contributed by atoms with Crippen molar-refractivity contribution < 1.29 is 23.5 Å². The number of esters is 1. The third-order valence-electron chi connectivity index (χ3n) is 6.00. The molecule has 0 unspecified atom stereocenters. The van der Waals surface area contributed by atoms with Crippen molar-refractivity contribution in [3.63, 3.8) is 0 Å². The van der Waals surface area contributed by atoms with Gasteiger partial charge < -0.3 is 10.1 Å². The molecule has 29 heavy (non-hydrogen) atoms. The van der Waals surface area contributed by atoms with E-state index in [0.29, 0.717) is 28.8 Å². The molecule has 1 aromatic rings. The SMILES string of the molecule is CC(C)(C)C1CCC2(CC1)NC(=O)N(CC(=O)OCc1ccc(F)cc1Br)C2=O. The van der Waals surface area contributed by atoms with E-state index in [0.717, 1.165) is 17.7 Å². The standard InChI is InChI=1S/C21H26BrFN2O4/c1-20(2,3)14-6-8-21(9-7-14)18(27)25(19(28)24-21)11-17(26)29-12-13-4-5-15(23)10-16(13)22/h4-5,10,14H,6-9,11-12H2,1-3H3,(H,24,28). The summed E-state index contributed by atoms with van der Waals surface area (Å²) < 4.78 is 18.8. The van der Waals surface area contributed by atoms with Gasteiger partial charge in [0.1, 0.15) is 24.5 Å². The van der Waals surface area contributed by atoms with E-state index in [1.807, 2.05) is 0 Å². The summed E-state index contributed by atoms with van der Waals surface area (Å²) >= 11 is 3.21. The molecule has 2 fully saturated rings. The van der Waals surface area contributed by atoms with E-state index in [9.17, 15) is 18.8 Å². The summed E-state index contributed by atoms with van der Waals surface area (Å²) in [7, 11) is 0. The first kappa shape index (κ1) is 21.7. The van der Waals surface area contributed by atoms with E-state index < -0.39 is 29.9 Å². The number of halogens is 2. The van der Waals surface area contributed by atoms with Gasteiger partial charge >= 0.3 is 12.0 Å². The van der Waals surface area contributed by atoms with Crippen LogP contribution in [0.4, 0.5) is 9.18 Å². The zero-order valence-corrected chi connectivity index (χ0v) is 18.5. The third-order valence-corrected chi connectivity index (χ3v) is 6.74. The Hall–Kier alpha value is -1.96. The van der Waals surface area contributed by atoms with Crippen molar-refractivity contribution >= 4 is 33.8 Å². The van der Waals surface area contributed by atoms with Crippen LogP contribution in [0.3, 0.4) is 0 Å². The van der Waals surface area contributed by atoms with E-state index in [1.165, 1.54) is 18.2 Å². The molecule has 1 saturated heterocycles. The normalized spacial score (nSPS) is 24.7. The van der Waals surface area contributed by atoms with Gasteiger partial charge in [-0.15, -0.1) is 0 Å². The monoisotopic (exact) mass is 468 g/mol. The fraction of sp³-hybridized carbons (Fsp3) is 0.571. The van der Waals surface area contributed by atoms with Gasteiger partial charge in [0.15, 0.2) is 0 Å². The number of imide groups is 1. The fourth-order valence-electron chi connectivity index (χ4n) is 4.11. The van der Waals surface area contributed by atoms with E-state index in [1.54, 1.807) is 0 Å². The second kappa shape index (κ2) is 8.05. The lowest BCUT2D eigenvalue weighted by Gasteiger charge is -2.40. The Morgan fingerprint density at radius 3 is 2.55 bits per heavy atom. The van der Waals surface area contributed by atoms with Crippen LogP contribution in [0.1, 0.15) is 52.0 Å². The first-order valence-corrected chi connectivity index (χ1v) is 10.5. The molecule has 0 bridgehead atoms. The highest BCUT2D eigenvalue weighted by Crippen LogP contribution is 2.43. The van der Waals surface area contributed by atoms with Gasteiger partial charge in [-0.1, -0.05) is 42.8 Å². The molecule has 1 aliphatic heterocycles. The zero-order valence-electron chi connectivity index (χ0n) is 16.9. The highest BCUT2D eigenvalue weighted by molar-refractivity contribution is 9.10. The van der Waals surface area contributed by atoms with Gasteiger partial charge in [-0.25, -0.2) is 9.18 Å². The van der Waals surface area contributed by atoms with Crippen LogP contribution in [0, 0.1) is 17.2 Å². The summed E-state index contributed by atoms with van der Waals surface area (Å²) in [6.45, 7) is 6.04. The molecule has 1 heterocycles. The second-order valence-corrected chi connectivity index (χ2v) is 9.79. The molecule has 1 aromatic carbocycles. The van der Waals surface area contributed by atoms with Gasteiger partial charge in [0, 0.05) is 10.0 Å². The smallest absolute Gasteiger partial charge is 0.326 e. The van der Waals surface area contributed by atoms with Crippen molar-refractivity contribution in [2.24, 2.45) is 11.3 Å². The topological polar surface area (TPSA) is 75.7 Å². The van der Waals surface area contributed by atoms with Crippen LogP contribution in [0.15, 0.2) is 22.7 Å². The van der Waals surface area contributed by atoms with Crippen LogP contribution in [0.2, 0.25) is 0 Å². The summed E-state index contributed by atoms with van der Waals surface area (Å²) in [6.07, 6.45) is 2.86. The molecule has 0 aromatic heterocycles. The number of amides is 3.